The average molecular weight is 358 g/mol. The third kappa shape index (κ3) is 5.58. The van der Waals surface area contributed by atoms with Crippen molar-refractivity contribution in [3.8, 4) is 0 Å². The Bertz CT molecular complexity index is 614. The molecule has 0 bridgehead atoms. The number of piperidine rings is 1. The van der Waals surface area contributed by atoms with Crippen LogP contribution in [0.15, 0.2) is 35.3 Å². The Kier molecular flexibility index (Phi) is 7.63. The molecule has 1 aromatic carbocycles. The Labute approximate surface area is 156 Å². The molecule has 1 aromatic rings. The van der Waals surface area contributed by atoms with Gasteiger partial charge in [0.05, 0.1) is 6.54 Å². The monoisotopic (exact) mass is 358 g/mol. The Morgan fingerprint density at radius 3 is 2.42 bits per heavy atom. The van der Waals surface area contributed by atoms with Crippen LogP contribution in [-0.2, 0) is 9.59 Å². The number of amides is 2. The molecule has 0 spiro atoms. The molecule has 2 rings (SSSR count). The van der Waals surface area contributed by atoms with Crippen molar-refractivity contribution < 1.29 is 9.59 Å². The lowest BCUT2D eigenvalue weighted by atomic mass is 9.94. The molecule has 2 amide bonds. The molecule has 1 aliphatic rings. The zero-order valence-corrected chi connectivity index (χ0v) is 16.0. The van der Waals surface area contributed by atoms with E-state index in [4.69, 9.17) is 0 Å². The van der Waals surface area contributed by atoms with Crippen molar-refractivity contribution in [2.24, 2.45) is 4.99 Å². The van der Waals surface area contributed by atoms with Crippen molar-refractivity contribution in [2.75, 3.05) is 19.6 Å². The summed E-state index contributed by atoms with van der Waals surface area (Å²) in [6.45, 7) is 7.82. The maximum absolute atomic E-state index is 11.9. The first-order valence-electron chi connectivity index (χ1n) is 9.46. The van der Waals surface area contributed by atoms with Crippen molar-refractivity contribution in [3.05, 3.63) is 35.9 Å². The van der Waals surface area contributed by atoms with E-state index in [-0.39, 0.29) is 17.9 Å². The van der Waals surface area contributed by atoms with Crippen molar-refractivity contribution in [1.29, 1.82) is 0 Å². The second-order valence-electron chi connectivity index (χ2n) is 6.69. The second-order valence-corrected chi connectivity index (χ2v) is 6.69. The minimum atomic E-state index is -0.0829. The number of rotatable bonds is 7. The molecule has 0 aromatic heterocycles. The molecule has 0 radical (unpaired) electrons. The van der Waals surface area contributed by atoms with Crippen LogP contribution in [0, 0.1) is 0 Å². The number of benzene rings is 1. The van der Waals surface area contributed by atoms with Gasteiger partial charge < -0.3 is 10.6 Å². The van der Waals surface area contributed by atoms with E-state index in [0.717, 1.165) is 6.54 Å². The Morgan fingerprint density at radius 1 is 1.15 bits per heavy atom. The molecule has 1 heterocycles. The molecular weight excluding hydrogens is 328 g/mol. The number of hydrogen-bond acceptors (Lipinski definition) is 3. The van der Waals surface area contributed by atoms with Gasteiger partial charge in [-0.2, -0.15) is 0 Å². The van der Waals surface area contributed by atoms with Crippen LogP contribution < -0.4 is 10.6 Å². The van der Waals surface area contributed by atoms with Crippen LogP contribution in [0.25, 0.3) is 0 Å². The summed E-state index contributed by atoms with van der Waals surface area (Å²) in [7, 11) is 0. The van der Waals surface area contributed by atoms with Gasteiger partial charge in [0.25, 0.3) is 0 Å². The number of likely N-dealkylation sites (tertiary alicyclic amines) is 1. The summed E-state index contributed by atoms with van der Waals surface area (Å²) in [4.78, 5) is 29.6. The quantitative estimate of drug-likeness (QED) is 0.445. The summed E-state index contributed by atoms with van der Waals surface area (Å²) in [6.07, 6.45) is 1.58. The van der Waals surface area contributed by atoms with Crippen molar-refractivity contribution in [1.82, 2.24) is 15.5 Å². The first-order valence-corrected chi connectivity index (χ1v) is 9.46. The van der Waals surface area contributed by atoms with E-state index in [1.54, 1.807) is 0 Å². The molecule has 2 unspecified atom stereocenters. The highest BCUT2D eigenvalue weighted by Gasteiger charge is 2.25. The first kappa shape index (κ1) is 19.9. The Morgan fingerprint density at radius 2 is 1.81 bits per heavy atom. The topological polar surface area (TPSA) is 73.8 Å². The summed E-state index contributed by atoms with van der Waals surface area (Å²) < 4.78 is 0. The van der Waals surface area contributed by atoms with Crippen LogP contribution in [-0.4, -0.2) is 48.3 Å². The van der Waals surface area contributed by atoms with Gasteiger partial charge in [0.2, 0.25) is 11.8 Å². The minimum Gasteiger partial charge on any atom is -0.357 e. The number of carbonyl (C=O) groups is 2. The third-order valence-electron chi connectivity index (χ3n) is 4.76. The molecule has 1 fully saturated rings. The van der Waals surface area contributed by atoms with Crippen LogP contribution in [0.3, 0.4) is 0 Å². The lowest BCUT2D eigenvalue weighted by Crippen LogP contribution is -2.45. The fourth-order valence-corrected chi connectivity index (χ4v) is 3.02. The van der Waals surface area contributed by atoms with Crippen LogP contribution in [0.5, 0.6) is 0 Å². The molecule has 2 atom stereocenters. The minimum absolute atomic E-state index is 0.0829. The van der Waals surface area contributed by atoms with E-state index in [1.807, 2.05) is 25.1 Å². The Balaban J connectivity index is 1.93. The number of nitrogens with one attached hydrogen (secondary N) is 2. The summed E-state index contributed by atoms with van der Waals surface area (Å²) in [5.74, 6) is 0.867. The molecule has 0 aliphatic carbocycles. The van der Waals surface area contributed by atoms with Gasteiger partial charge in [-0.05, 0) is 25.8 Å². The largest absolute Gasteiger partial charge is 0.357 e. The van der Waals surface area contributed by atoms with Crippen molar-refractivity contribution >= 4 is 17.8 Å². The second kappa shape index (κ2) is 9.94. The van der Waals surface area contributed by atoms with Gasteiger partial charge in [0, 0.05) is 37.9 Å². The summed E-state index contributed by atoms with van der Waals surface area (Å²) in [6, 6.07) is 10.5. The number of carbonyl (C=O) groups excluding carboxylic acids is 2. The van der Waals surface area contributed by atoms with Gasteiger partial charge in [0.15, 0.2) is 5.96 Å². The van der Waals surface area contributed by atoms with Gasteiger partial charge in [-0.15, -0.1) is 0 Å². The van der Waals surface area contributed by atoms with Crippen LogP contribution in [0.1, 0.15) is 51.5 Å². The van der Waals surface area contributed by atoms with E-state index in [0.29, 0.717) is 44.2 Å². The van der Waals surface area contributed by atoms with Crippen molar-refractivity contribution in [3.63, 3.8) is 0 Å². The van der Waals surface area contributed by atoms with Gasteiger partial charge in [-0.3, -0.25) is 19.5 Å². The van der Waals surface area contributed by atoms with Crippen LogP contribution >= 0.6 is 0 Å². The predicted molar refractivity (Wildman–Crippen MR) is 104 cm³/mol. The summed E-state index contributed by atoms with van der Waals surface area (Å²) in [5, 5.41) is 6.66. The third-order valence-corrected chi connectivity index (χ3v) is 4.76. The lowest BCUT2D eigenvalue weighted by Gasteiger charge is -2.25. The SMILES string of the molecule is CCNC(=NCCN1C(=O)CCCC1=O)NC(C)C(C)c1ccccc1. The number of imide groups is 1. The van der Waals surface area contributed by atoms with Crippen LogP contribution in [0.2, 0.25) is 0 Å². The van der Waals surface area contributed by atoms with E-state index in [9.17, 15) is 9.59 Å². The van der Waals surface area contributed by atoms with Crippen molar-refractivity contribution in [2.45, 2.75) is 52.0 Å². The number of guanidine groups is 1. The van der Waals surface area contributed by atoms with E-state index < -0.39 is 0 Å². The molecule has 142 valence electrons. The molecule has 6 nitrogen and oxygen atoms in total. The summed E-state index contributed by atoms with van der Waals surface area (Å²) >= 11 is 0. The standard InChI is InChI=1S/C20H30N4O2/c1-4-21-20(22-13-14-24-18(25)11-8-12-19(24)26)23-16(3)15(2)17-9-6-5-7-10-17/h5-7,9-10,15-16H,4,8,11-14H2,1-3H3,(H2,21,22,23). The van der Waals surface area contributed by atoms with Gasteiger partial charge in [0.1, 0.15) is 0 Å². The predicted octanol–water partition coefficient (Wildman–Crippen LogP) is 2.27. The molecule has 2 N–H and O–H groups in total. The van der Waals surface area contributed by atoms with E-state index in [2.05, 4.69) is 41.6 Å². The molecule has 6 heteroatoms. The zero-order valence-electron chi connectivity index (χ0n) is 16.0. The normalized spacial score (nSPS) is 17.8. The molecule has 26 heavy (non-hydrogen) atoms. The van der Waals surface area contributed by atoms with E-state index in [1.165, 1.54) is 10.5 Å². The smallest absolute Gasteiger partial charge is 0.229 e. The highest BCUT2D eigenvalue weighted by atomic mass is 16.2. The highest BCUT2D eigenvalue weighted by molar-refractivity contribution is 5.97. The zero-order chi connectivity index (χ0) is 18.9. The fourth-order valence-electron chi connectivity index (χ4n) is 3.02. The molecule has 1 aliphatic heterocycles. The molecule has 0 saturated carbocycles. The van der Waals surface area contributed by atoms with Gasteiger partial charge in [-0.25, -0.2) is 0 Å². The lowest BCUT2D eigenvalue weighted by molar-refractivity contribution is -0.147. The van der Waals surface area contributed by atoms with E-state index >= 15 is 0 Å². The molecular formula is C20H30N4O2. The fraction of sp³-hybridized carbons (Fsp3) is 0.550. The maximum atomic E-state index is 11.9. The first-order chi connectivity index (χ1) is 12.5. The maximum Gasteiger partial charge on any atom is 0.229 e. The van der Waals surface area contributed by atoms with Gasteiger partial charge in [-0.1, -0.05) is 37.3 Å². The average Bonchev–Trinajstić information content (AvgIpc) is 2.64. The highest BCUT2D eigenvalue weighted by Crippen LogP contribution is 2.18. The van der Waals surface area contributed by atoms with Gasteiger partial charge >= 0.3 is 0 Å². The number of hydrogen-bond donors (Lipinski definition) is 2. The number of aliphatic imine (C=N–C) groups is 1. The summed E-state index contributed by atoms with van der Waals surface area (Å²) in [5.41, 5.74) is 1.27. The molecule has 1 saturated heterocycles. The van der Waals surface area contributed by atoms with Crippen LogP contribution in [0.4, 0.5) is 0 Å². The number of nitrogens with zero attached hydrogens (tertiary/aromatic N) is 2. The Hall–Kier alpha value is -2.37.